The van der Waals surface area contributed by atoms with Gasteiger partial charge < -0.3 is 11.1 Å². The van der Waals surface area contributed by atoms with Gasteiger partial charge in [-0.05, 0) is 54.5 Å². The summed E-state index contributed by atoms with van der Waals surface area (Å²) in [6.45, 7) is 5.68. The molecule has 0 saturated heterocycles. The zero-order valence-corrected chi connectivity index (χ0v) is 13.7. The van der Waals surface area contributed by atoms with Crippen LogP contribution in [0, 0.1) is 13.8 Å². The van der Waals surface area contributed by atoms with Crippen molar-refractivity contribution in [1.29, 1.82) is 0 Å². The molecule has 0 saturated carbocycles. The van der Waals surface area contributed by atoms with Crippen molar-refractivity contribution >= 4 is 28.2 Å². The summed E-state index contributed by atoms with van der Waals surface area (Å²) in [5, 5.41) is 3.31. The Kier molecular flexibility index (Phi) is 3.53. The van der Waals surface area contributed by atoms with Crippen LogP contribution in [0.1, 0.15) is 39.5 Å². The van der Waals surface area contributed by atoms with E-state index in [0.717, 1.165) is 28.8 Å². The first-order valence-corrected chi connectivity index (χ1v) is 8.04. The van der Waals surface area contributed by atoms with Crippen LogP contribution in [0.15, 0.2) is 12.1 Å². The highest BCUT2D eigenvalue weighted by Crippen LogP contribution is 2.46. The van der Waals surface area contributed by atoms with Crippen LogP contribution >= 0.6 is 11.3 Å². The highest BCUT2D eigenvalue weighted by atomic mass is 32.1. The molecular weight excluding hydrogens is 296 g/mol. The van der Waals surface area contributed by atoms with Gasteiger partial charge in [-0.2, -0.15) is 0 Å². The predicted octanol–water partition coefficient (Wildman–Crippen LogP) is 3.19. The van der Waals surface area contributed by atoms with Crippen molar-refractivity contribution in [2.45, 2.75) is 33.6 Å². The number of hydrogen-bond donors (Lipinski definition) is 2. The molecule has 3 N–H and O–H groups in total. The summed E-state index contributed by atoms with van der Waals surface area (Å²) >= 11 is 1.44. The first kappa shape index (κ1) is 14.8. The molecule has 0 radical (unpaired) electrons. The van der Waals surface area contributed by atoms with E-state index < -0.39 is 5.91 Å². The lowest BCUT2D eigenvalue weighted by atomic mass is 9.85. The molecule has 4 nitrogen and oxygen atoms in total. The lowest BCUT2D eigenvalue weighted by molar-refractivity contribution is -0.114. The van der Waals surface area contributed by atoms with E-state index in [4.69, 9.17) is 5.73 Å². The summed E-state index contributed by atoms with van der Waals surface area (Å²) in [6, 6.07) is 4.21. The Labute approximate surface area is 133 Å². The lowest BCUT2D eigenvalue weighted by Gasteiger charge is -2.20. The molecule has 2 aromatic rings. The van der Waals surface area contributed by atoms with Gasteiger partial charge in [-0.15, -0.1) is 11.3 Å². The van der Waals surface area contributed by atoms with Gasteiger partial charge in [0, 0.05) is 11.8 Å². The number of carbonyl (C=O) groups is 2. The van der Waals surface area contributed by atoms with Crippen LogP contribution in [-0.4, -0.2) is 11.8 Å². The molecule has 0 fully saturated rings. The minimum Gasteiger partial charge on any atom is -0.365 e. The number of thiophene rings is 1. The van der Waals surface area contributed by atoms with Crippen molar-refractivity contribution < 1.29 is 9.59 Å². The number of hydrogen-bond acceptors (Lipinski definition) is 3. The van der Waals surface area contributed by atoms with Gasteiger partial charge in [0.25, 0.3) is 5.91 Å². The normalized spacial score (nSPS) is 12.5. The summed E-state index contributed by atoms with van der Waals surface area (Å²) in [4.78, 5) is 24.3. The zero-order chi connectivity index (χ0) is 16.0. The minimum atomic E-state index is -0.478. The number of rotatable bonds is 2. The van der Waals surface area contributed by atoms with E-state index in [9.17, 15) is 9.59 Å². The van der Waals surface area contributed by atoms with Crippen molar-refractivity contribution in [2.75, 3.05) is 5.32 Å². The molecule has 5 heteroatoms. The van der Waals surface area contributed by atoms with E-state index in [2.05, 4.69) is 31.3 Å². The number of nitrogens with one attached hydrogen (secondary N) is 1. The molecular formula is C17H18N2O2S. The Morgan fingerprint density at radius 3 is 2.50 bits per heavy atom. The van der Waals surface area contributed by atoms with Gasteiger partial charge in [0.1, 0.15) is 5.00 Å². The van der Waals surface area contributed by atoms with E-state index in [1.165, 1.54) is 35.0 Å². The fourth-order valence-electron chi connectivity index (χ4n) is 3.09. The summed E-state index contributed by atoms with van der Waals surface area (Å²) < 4.78 is 0. The molecule has 1 aromatic carbocycles. The molecule has 1 heterocycles. The summed E-state index contributed by atoms with van der Waals surface area (Å²) in [6.07, 6.45) is 1.67. The molecule has 0 spiro atoms. The van der Waals surface area contributed by atoms with Crippen molar-refractivity contribution in [2.24, 2.45) is 5.73 Å². The Morgan fingerprint density at radius 2 is 1.86 bits per heavy atom. The third kappa shape index (κ3) is 2.22. The number of anilines is 1. The number of amides is 2. The first-order chi connectivity index (χ1) is 10.4. The molecule has 1 aliphatic carbocycles. The molecule has 2 amide bonds. The highest BCUT2D eigenvalue weighted by Gasteiger charge is 2.28. The molecule has 0 bridgehead atoms. The van der Waals surface area contributed by atoms with Crippen LogP contribution in [-0.2, 0) is 17.6 Å². The van der Waals surface area contributed by atoms with Crippen LogP contribution in [0.4, 0.5) is 5.00 Å². The summed E-state index contributed by atoms with van der Waals surface area (Å²) in [5.74, 6) is -0.671. The van der Waals surface area contributed by atoms with E-state index in [0.29, 0.717) is 10.6 Å². The number of primary amides is 1. The Morgan fingerprint density at radius 1 is 1.18 bits per heavy atom. The largest absolute Gasteiger partial charge is 0.365 e. The fraction of sp³-hybridized carbons (Fsp3) is 0.294. The Hall–Kier alpha value is -2.14. The third-order valence-corrected chi connectivity index (χ3v) is 5.46. The lowest BCUT2D eigenvalue weighted by Crippen LogP contribution is -2.17. The molecule has 0 aliphatic heterocycles. The molecule has 3 rings (SSSR count). The molecule has 114 valence electrons. The number of benzene rings is 1. The van der Waals surface area contributed by atoms with Crippen molar-refractivity contribution in [3.8, 4) is 10.4 Å². The Bertz CT molecular complexity index is 805. The molecule has 1 aliphatic rings. The monoisotopic (exact) mass is 314 g/mol. The smallest absolute Gasteiger partial charge is 0.252 e. The fourth-order valence-corrected chi connectivity index (χ4v) is 4.44. The number of carbonyl (C=O) groups excluding carboxylic acids is 2. The van der Waals surface area contributed by atoms with Gasteiger partial charge in [0.2, 0.25) is 5.91 Å². The van der Waals surface area contributed by atoms with Gasteiger partial charge in [-0.3, -0.25) is 9.59 Å². The van der Waals surface area contributed by atoms with E-state index in [-0.39, 0.29) is 5.91 Å². The van der Waals surface area contributed by atoms with Gasteiger partial charge in [0.05, 0.1) is 5.56 Å². The quantitative estimate of drug-likeness (QED) is 0.893. The van der Waals surface area contributed by atoms with Crippen molar-refractivity contribution in [3.63, 3.8) is 0 Å². The topological polar surface area (TPSA) is 72.2 Å². The number of fused-ring (bicyclic) bond motifs is 3. The average Bonchev–Trinajstić information content (AvgIpc) is 2.80. The van der Waals surface area contributed by atoms with E-state index >= 15 is 0 Å². The molecule has 1 aromatic heterocycles. The van der Waals surface area contributed by atoms with Crippen molar-refractivity contribution in [3.05, 3.63) is 39.9 Å². The van der Waals surface area contributed by atoms with Gasteiger partial charge >= 0.3 is 0 Å². The maximum atomic E-state index is 11.8. The van der Waals surface area contributed by atoms with Gasteiger partial charge in [0.15, 0.2) is 0 Å². The van der Waals surface area contributed by atoms with Crippen LogP contribution in [0.5, 0.6) is 0 Å². The summed E-state index contributed by atoms with van der Waals surface area (Å²) in [5.41, 5.74) is 12.1. The third-order valence-electron chi connectivity index (χ3n) is 4.28. The standard InChI is InChI=1S/C17H18N2O2S/c1-8-4-5-12-11(9(8)2)6-7-13-14(16(18)21)17(19-10(3)20)22-15(12)13/h4-5H,6-7H2,1-3H3,(H2,18,21)(H,19,20). The second kappa shape index (κ2) is 5.25. The minimum absolute atomic E-state index is 0.193. The second-order valence-electron chi connectivity index (χ2n) is 5.69. The van der Waals surface area contributed by atoms with Crippen LogP contribution < -0.4 is 11.1 Å². The predicted molar refractivity (Wildman–Crippen MR) is 89.5 cm³/mol. The van der Waals surface area contributed by atoms with Gasteiger partial charge in [-0.25, -0.2) is 0 Å². The SMILES string of the molecule is CC(=O)Nc1sc2c(c1C(N)=O)CCc1c-2ccc(C)c1C. The molecule has 0 atom stereocenters. The van der Waals surface area contributed by atoms with E-state index in [1.807, 2.05) is 0 Å². The van der Waals surface area contributed by atoms with Crippen LogP contribution in [0.2, 0.25) is 0 Å². The first-order valence-electron chi connectivity index (χ1n) is 7.22. The molecule has 22 heavy (non-hydrogen) atoms. The van der Waals surface area contributed by atoms with Crippen LogP contribution in [0.3, 0.4) is 0 Å². The maximum Gasteiger partial charge on any atom is 0.252 e. The summed E-state index contributed by atoms with van der Waals surface area (Å²) in [7, 11) is 0. The van der Waals surface area contributed by atoms with Crippen LogP contribution in [0.25, 0.3) is 10.4 Å². The average molecular weight is 314 g/mol. The number of nitrogens with two attached hydrogens (primary N) is 1. The zero-order valence-electron chi connectivity index (χ0n) is 12.9. The van der Waals surface area contributed by atoms with E-state index in [1.54, 1.807) is 0 Å². The number of aryl methyl sites for hydroxylation is 1. The maximum absolute atomic E-state index is 11.8. The highest BCUT2D eigenvalue weighted by molar-refractivity contribution is 7.20. The van der Waals surface area contributed by atoms with Gasteiger partial charge in [-0.1, -0.05) is 12.1 Å². The van der Waals surface area contributed by atoms with Crippen molar-refractivity contribution in [1.82, 2.24) is 0 Å². The molecule has 0 unspecified atom stereocenters. The Balaban J connectivity index is 2.24. The second-order valence-corrected chi connectivity index (χ2v) is 6.71.